The van der Waals surface area contributed by atoms with E-state index in [2.05, 4.69) is 17.2 Å². The Morgan fingerprint density at radius 3 is 2.59 bits per heavy atom. The summed E-state index contributed by atoms with van der Waals surface area (Å²) in [6.07, 6.45) is 3.56. The average Bonchev–Trinajstić information content (AvgIpc) is 2.49. The number of carbonyl (C=O) groups is 1. The van der Waals surface area contributed by atoms with E-state index >= 15 is 0 Å². The van der Waals surface area contributed by atoms with Crippen molar-refractivity contribution < 1.29 is 4.79 Å². The number of hydrogen-bond donors (Lipinski definition) is 2. The fourth-order valence-electron chi connectivity index (χ4n) is 2.51. The summed E-state index contributed by atoms with van der Waals surface area (Å²) >= 11 is 11.8. The number of benzene rings is 1. The van der Waals surface area contributed by atoms with E-state index in [0.717, 1.165) is 31.2 Å². The Morgan fingerprint density at radius 1 is 1.27 bits per heavy atom. The van der Waals surface area contributed by atoms with Crippen molar-refractivity contribution in [2.24, 2.45) is 11.7 Å². The summed E-state index contributed by atoms with van der Waals surface area (Å²) in [5.74, 6) is 6.15. The normalized spacial score (nSPS) is 22.4. The van der Waals surface area contributed by atoms with Crippen LogP contribution in [-0.4, -0.2) is 18.0 Å². The van der Waals surface area contributed by atoms with Crippen LogP contribution in [-0.2, 0) is 4.79 Å². The molecule has 0 saturated heterocycles. The molecule has 118 valence electrons. The minimum absolute atomic E-state index is 0.0639. The summed E-state index contributed by atoms with van der Waals surface area (Å²) < 4.78 is 0. The molecule has 1 aromatic carbocycles. The molecule has 1 aliphatic carbocycles. The predicted octanol–water partition coefficient (Wildman–Crippen LogP) is 3.37. The third kappa shape index (κ3) is 4.91. The van der Waals surface area contributed by atoms with Gasteiger partial charge < -0.3 is 11.1 Å². The van der Waals surface area contributed by atoms with Crippen LogP contribution in [0.5, 0.6) is 0 Å². The number of amides is 1. The first-order valence-electron chi connectivity index (χ1n) is 7.48. The number of carbonyl (C=O) groups excluding carboxylic acids is 1. The molecule has 1 aromatic rings. The molecule has 0 radical (unpaired) electrons. The molecule has 22 heavy (non-hydrogen) atoms. The fraction of sp³-hybridized carbons (Fsp3) is 0.471. The van der Waals surface area contributed by atoms with Gasteiger partial charge in [-0.25, -0.2) is 0 Å². The van der Waals surface area contributed by atoms with E-state index in [-0.39, 0.29) is 23.9 Å². The van der Waals surface area contributed by atoms with Crippen molar-refractivity contribution in [3.8, 4) is 11.8 Å². The molecular formula is C17H20Cl2N2O. The Morgan fingerprint density at radius 2 is 1.95 bits per heavy atom. The predicted molar refractivity (Wildman–Crippen MR) is 90.9 cm³/mol. The van der Waals surface area contributed by atoms with Gasteiger partial charge in [0.2, 0.25) is 5.91 Å². The lowest BCUT2D eigenvalue weighted by molar-refractivity contribution is -0.126. The molecule has 3 nitrogen and oxygen atoms in total. The van der Waals surface area contributed by atoms with Crippen molar-refractivity contribution in [1.29, 1.82) is 0 Å². The molecule has 0 spiro atoms. The van der Waals surface area contributed by atoms with Crippen molar-refractivity contribution in [3.05, 3.63) is 33.8 Å². The standard InChI is InChI=1S/C17H20Cl2N2O/c1-11(2-3-12-4-9-15(18)16(19)10-12)21-17(22)13-5-7-14(20)8-6-13/h4,9-11,13-14H,5-8,20H2,1H3,(H,21,22). The first kappa shape index (κ1) is 17.1. The summed E-state index contributed by atoms with van der Waals surface area (Å²) in [7, 11) is 0. The molecule has 1 fully saturated rings. The van der Waals surface area contributed by atoms with Gasteiger partial charge >= 0.3 is 0 Å². The number of nitrogens with two attached hydrogens (primary N) is 1. The van der Waals surface area contributed by atoms with Crippen LogP contribution in [0.25, 0.3) is 0 Å². The largest absolute Gasteiger partial charge is 0.342 e. The van der Waals surface area contributed by atoms with Crippen LogP contribution >= 0.6 is 23.2 Å². The number of rotatable bonds is 2. The van der Waals surface area contributed by atoms with Crippen LogP contribution in [0.15, 0.2) is 18.2 Å². The molecule has 0 bridgehead atoms. The van der Waals surface area contributed by atoms with Gasteiger partial charge in [0.05, 0.1) is 16.1 Å². The van der Waals surface area contributed by atoms with Gasteiger partial charge in [0.15, 0.2) is 0 Å². The lowest BCUT2D eigenvalue weighted by Gasteiger charge is -2.25. The average molecular weight is 339 g/mol. The molecule has 5 heteroatoms. The number of nitrogens with one attached hydrogen (secondary N) is 1. The Labute approximate surface area is 141 Å². The lowest BCUT2D eigenvalue weighted by atomic mass is 9.86. The molecule has 1 atom stereocenters. The highest BCUT2D eigenvalue weighted by Gasteiger charge is 2.24. The van der Waals surface area contributed by atoms with Crippen molar-refractivity contribution >= 4 is 29.1 Å². The topological polar surface area (TPSA) is 55.1 Å². The summed E-state index contributed by atoms with van der Waals surface area (Å²) in [6, 6.07) is 5.27. The maximum atomic E-state index is 12.2. The second-order valence-electron chi connectivity index (χ2n) is 5.74. The summed E-state index contributed by atoms with van der Waals surface area (Å²) in [4.78, 5) is 12.2. The van der Waals surface area contributed by atoms with E-state index in [4.69, 9.17) is 28.9 Å². The van der Waals surface area contributed by atoms with Crippen molar-refractivity contribution in [2.45, 2.75) is 44.7 Å². The van der Waals surface area contributed by atoms with Gasteiger partial charge in [-0.05, 0) is 50.8 Å². The summed E-state index contributed by atoms with van der Waals surface area (Å²) in [5.41, 5.74) is 6.64. The van der Waals surface area contributed by atoms with Gasteiger partial charge in [-0.15, -0.1) is 0 Å². The maximum Gasteiger partial charge on any atom is 0.224 e. The first-order chi connectivity index (χ1) is 10.5. The van der Waals surface area contributed by atoms with E-state index in [1.165, 1.54) is 0 Å². The van der Waals surface area contributed by atoms with E-state index in [1.807, 2.05) is 6.92 Å². The zero-order chi connectivity index (χ0) is 16.1. The molecule has 1 aliphatic rings. The molecule has 1 saturated carbocycles. The van der Waals surface area contributed by atoms with Gasteiger partial charge in [0.25, 0.3) is 0 Å². The number of hydrogen-bond acceptors (Lipinski definition) is 2. The van der Waals surface area contributed by atoms with E-state index in [1.54, 1.807) is 18.2 Å². The summed E-state index contributed by atoms with van der Waals surface area (Å²) in [5, 5.41) is 3.93. The van der Waals surface area contributed by atoms with Crippen molar-refractivity contribution in [2.75, 3.05) is 0 Å². The Bertz CT molecular complexity index is 598. The highest BCUT2D eigenvalue weighted by molar-refractivity contribution is 6.42. The second-order valence-corrected chi connectivity index (χ2v) is 6.55. The Hall–Kier alpha value is -1.21. The molecule has 0 heterocycles. The number of halogens is 2. The van der Waals surface area contributed by atoms with Gasteiger partial charge in [-0.3, -0.25) is 4.79 Å². The van der Waals surface area contributed by atoms with Gasteiger partial charge in [0, 0.05) is 17.5 Å². The molecular weight excluding hydrogens is 319 g/mol. The smallest absolute Gasteiger partial charge is 0.224 e. The minimum atomic E-state index is -0.211. The van der Waals surface area contributed by atoms with E-state index in [9.17, 15) is 4.79 Å². The monoisotopic (exact) mass is 338 g/mol. The van der Waals surface area contributed by atoms with Crippen molar-refractivity contribution in [1.82, 2.24) is 5.32 Å². The van der Waals surface area contributed by atoms with Crippen LogP contribution in [0.1, 0.15) is 38.2 Å². The van der Waals surface area contributed by atoms with Gasteiger partial charge in [-0.1, -0.05) is 35.0 Å². The van der Waals surface area contributed by atoms with E-state index < -0.39 is 0 Å². The molecule has 2 rings (SSSR count). The van der Waals surface area contributed by atoms with Crippen LogP contribution < -0.4 is 11.1 Å². The lowest BCUT2D eigenvalue weighted by Crippen LogP contribution is -2.39. The Balaban J connectivity index is 1.90. The zero-order valence-electron chi connectivity index (χ0n) is 12.5. The molecule has 0 aromatic heterocycles. The zero-order valence-corrected chi connectivity index (χ0v) is 14.0. The third-order valence-corrected chi connectivity index (χ3v) is 4.59. The molecule has 3 N–H and O–H groups in total. The van der Waals surface area contributed by atoms with Crippen molar-refractivity contribution in [3.63, 3.8) is 0 Å². The first-order valence-corrected chi connectivity index (χ1v) is 8.24. The summed E-state index contributed by atoms with van der Waals surface area (Å²) in [6.45, 7) is 1.87. The highest BCUT2D eigenvalue weighted by atomic mass is 35.5. The molecule has 0 aliphatic heterocycles. The Kier molecular flexibility index (Phi) is 6.14. The maximum absolute atomic E-state index is 12.2. The van der Waals surface area contributed by atoms with Crippen LogP contribution in [0.3, 0.4) is 0 Å². The van der Waals surface area contributed by atoms with Gasteiger partial charge in [-0.2, -0.15) is 0 Å². The van der Waals surface area contributed by atoms with Crippen LogP contribution in [0.2, 0.25) is 10.0 Å². The van der Waals surface area contributed by atoms with Crippen LogP contribution in [0.4, 0.5) is 0 Å². The second kappa shape index (κ2) is 7.87. The van der Waals surface area contributed by atoms with Gasteiger partial charge in [0.1, 0.15) is 0 Å². The SMILES string of the molecule is CC(C#Cc1ccc(Cl)c(Cl)c1)NC(=O)C1CCC(N)CC1. The van der Waals surface area contributed by atoms with Crippen LogP contribution in [0, 0.1) is 17.8 Å². The molecule has 1 amide bonds. The third-order valence-electron chi connectivity index (χ3n) is 3.85. The van der Waals surface area contributed by atoms with E-state index in [0.29, 0.717) is 10.0 Å². The minimum Gasteiger partial charge on any atom is -0.342 e. The molecule has 1 unspecified atom stereocenters. The fourth-order valence-corrected chi connectivity index (χ4v) is 2.81. The quantitative estimate of drug-likeness (QED) is 0.812. The highest BCUT2D eigenvalue weighted by Crippen LogP contribution is 2.23.